The topological polar surface area (TPSA) is 119 Å². The summed E-state index contributed by atoms with van der Waals surface area (Å²) in [5, 5.41) is 22.8. The van der Waals surface area contributed by atoms with Crippen molar-refractivity contribution in [1.82, 2.24) is 10.4 Å². The van der Waals surface area contributed by atoms with E-state index in [9.17, 15) is 15.0 Å². The third-order valence-electron chi connectivity index (χ3n) is 6.06. The van der Waals surface area contributed by atoms with Crippen LogP contribution in [0.3, 0.4) is 0 Å². The SMILES string of the molecule is CCOC(=O)OC[C@H]1O[C@@H](OC2NN(C(C)C)C(C)=C2Cc2ccc(OC(C)C)cc2)C[C@@H](O)[C@@H]1O. The van der Waals surface area contributed by atoms with Crippen LogP contribution in [0.25, 0.3) is 0 Å². The minimum atomic E-state index is -1.22. The van der Waals surface area contributed by atoms with E-state index in [1.54, 1.807) is 6.92 Å². The first-order valence-electron chi connectivity index (χ1n) is 12.6. The quantitative estimate of drug-likeness (QED) is 0.407. The lowest BCUT2D eigenvalue weighted by Gasteiger charge is -2.38. The van der Waals surface area contributed by atoms with E-state index in [0.29, 0.717) is 6.42 Å². The van der Waals surface area contributed by atoms with Crippen LogP contribution in [0, 0.1) is 0 Å². The summed E-state index contributed by atoms with van der Waals surface area (Å²) in [5.74, 6) is 0.819. The van der Waals surface area contributed by atoms with Crippen LogP contribution in [0.4, 0.5) is 4.79 Å². The second-order valence-corrected chi connectivity index (χ2v) is 9.60. The summed E-state index contributed by atoms with van der Waals surface area (Å²) >= 11 is 0. The van der Waals surface area contributed by atoms with Crippen molar-refractivity contribution in [2.24, 2.45) is 0 Å². The van der Waals surface area contributed by atoms with E-state index in [4.69, 9.17) is 23.7 Å². The number of carbonyl (C=O) groups excluding carboxylic acids is 1. The Kier molecular flexibility index (Phi) is 9.98. The molecule has 2 heterocycles. The zero-order valence-corrected chi connectivity index (χ0v) is 22.0. The Balaban J connectivity index is 1.70. The highest BCUT2D eigenvalue weighted by atomic mass is 16.7. The number of allylic oxidation sites excluding steroid dienone is 1. The van der Waals surface area contributed by atoms with Crippen LogP contribution in [0.5, 0.6) is 5.75 Å². The fourth-order valence-electron chi connectivity index (χ4n) is 4.30. The number of benzene rings is 1. The van der Waals surface area contributed by atoms with Crippen molar-refractivity contribution in [1.29, 1.82) is 0 Å². The first kappa shape index (κ1) is 28.2. The fraction of sp³-hybridized carbons (Fsp3) is 0.654. The molecule has 10 nitrogen and oxygen atoms in total. The molecule has 0 aromatic heterocycles. The zero-order chi connectivity index (χ0) is 26.4. The zero-order valence-electron chi connectivity index (χ0n) is 22.0. The van der Waals surface area contributed by atoms with Crippen molar-refractivity contribution in [2.75, 3.05) is 13.2 Å². The van der Waals surface area contributed by atoms with Crippen LogP contribution < -0.4 is 10.2 Å². The van der Waals surface area contributed by atoms with Gasteiger partial charge in [0.25, 0.3) is 0 Å². The van der Waals surface area contributed by atoms with Crippen LogP contribution >= 0.6 is 0 Å². The van der Waals surface area contributed by atoms with Crippen LogP contribution in [0.1, 0.15) is 53.5 Å². The van der Waals surface area contributed by atoms with Gasteiger partial charge < -0.3 is 38.9 Å². The molecule has 2 aliphatic heterocycles. The van der Waals surface area contributed by atoms with Gasteiger partial charge in [-0.15, -0.1) is 0 Å². The summed E-state index contributed by atoms with van der Waals surface area (Å²) in [6, 6.07) is 8.17. The van der Waals surface area contributed by atoms with Crippen LogP contribution in [-0.2, 0) is 25.4 Å². The molecule has 36 heavy (non-hydrogen) atoms. The lowest BCUT2D eigenvalue weighted by molar-refractivity contribution is -0.270. The number of hydrogen-bond donors (Lipinski definition) is 3. The van der Waals surface area contributed by atoms with E-state index in [1.165, 1.54) is 0 Å². The van der Waals surface area contributed by atoms with Crippen molar-refractivity contribution < 1.29 is 38.7 Å². The third kappa shape index (κ3) is 7.33. The predicted molar refractivity (Wildman–Crippen MR) is 132 cm³/mol. The van der Waals surface area contributed by atoms with Gasteiger partial charge >= 0.3 is 6.16 Å². The van der Waals surface area contributed by atoms with Crippen LogP contribution in [0.15, 0.2) is 35.5 Å². The Morgan fingerprint density at radius 2 is 1.86 bits per heavy atom. The Bertz CT molecular complexity index is 888. The molecular weight excluding hydrogens is 468 g/mol. The summed E-state index contributed by atoms with van der Waals surface area (Å²) in [7, 11) is 0. The van der Waals surface area contributed by atoms with Crippen molar-refractivity contribution in [2.45, 2.75) is 97.4 Å². The summed E-state index contributed by atoms with van der Waals surface area (Å²) in [6.07, 6.45) is -4.63. The number of hydrazine groups is 1. The van der Waals surface area contributed by atoms with Crippen LogP contribution in [0.2, 0.25) is 0 Å². The summed E-state index contributed by atoms with van der Waals surface area (Å²) < 4.78 is 27.6. The Morgan fingerprint density at radius 1 is 1.17 bits per heavy atom. The van der Waals surface area contributed by atoms with Crippen molar-refractivity contribution in [3.8, 4) is 5.75 Å². The second-order valence-electron chi connectivity index (χ2n) is 9.60. The highest BCUT2D eigenvalue weighted by Crippen LogP contribution is 2.30. The van der Waals surface area contributed by atoms with Crippen molar-refractivity contribution in [3.05, 3.63) is 41.1 Å². The molecule has 0 radical (unpaired) electrons. The number of ether oxygens (including phenoxy) is 5. The maximum atomic E-state index is 11.6. The molecule has 0 bridgehead atoms. The van der Waals surface area contributed by atoms with E-state index < -0.39 is 37.0 Å². The Hall–Kier alpha value is -2.37. The van der Waals surface area contributed by atoms with Gasteiger partial charge in [0.1, 0.15) is 24.6 Å². The van der Waals surface area contributed by atoms with Crippen molar-refractivity contribution >= 4 is 6.16 Å². The molecule has 10 heteroatoms. The molecular formula is C26H40N2O8. The largest absolute Gasteiger partial charge is 0.508 e. The standard InChI is InChI=1S/C26H40N2O8/c1-7-32-26(31)33-14-22-24(30)21(29)13-23(35-22)36-25-20(17(6)28(27-25)15(2)3)12-18-8-10-19(11-9-18)34-16(4)5/h8-11,15-16,21-25,27,29-30H,7,12-14H2,1-6H3/t21-,22-,23+,24+,25?/m1/s1. The molecule has 1 aromatic rings. The van der Waals surface area contributed by atoms with E-state index >= 15 is 0 Å². The number of aliphatic hydroxyl groups excluding tert-OH is 2. The number of hydrogen-bond acceptors (Lipinski definition) is 10. The van der Waals surface area contributed by atoms with Gasteiger partial charge in [-0.2, -0.15) is 0 Å². The monoisotopic (exact) mass is 508 g/mol. The Morgan fingerprint density at radius 3 is 2.47 bits per heavy atom. The molecule has 0 amide bonds. The molecule has 3 rings (SSSR count). The van der Waals surface area contributed by atoms with Gasteiger partial charge in [-0.05, 0) is 71.2 Å². The summed E-state index contributed by atoms with van der Waals surface area (Å²) in [6.45, 7) is 11.7. The van der Waals surface area contributed by atoms with Gasteiger partial charge in [0.05, 0.1) is 18.8 Å². The maximum absolute atomic E-state index is 11.6. The highest BCUT2D eigenvalue weighted by Gasteiger charge is 2.41. The highest BCUT2D eigenvalue weighted by molar-refractivity contribution is 5.59. The normalized spacial score (nSPS) is 26.6. The Labute approximate surface area is 213 Å². The minimum Gasteiger partial charge on any atom is -0.491 e. The molecule has 0 aliphatic carbocycles. The number of rotatable bonds is 10. The van der Waals surface area contributed by atoms with E-state index in [-0.39, 0.29) is 31.8 Å². The minimum absolute atomic E-state index is 0.0739. The molecule has 1 fully saturated rings. The number of nitrogens with zero attached hydrogens (tertiary/aromatic N) is 1. The lowest BCUT2D eigenvalue weighted by atomic mass is 10.0. The van der Waals surface area contributed by atoms with Gasteiger partial charge in [-0.1, -0.05) is 12.1 Å². The molecule has 1 aromatic carbocycles. The van der Waals surface area contributed by atoms with Crippen molar-refractivity contribution in [3.63, 3.8) is 0 Å². The first-order chi connectivity index (χ1) is 17.1. The van der Waals surface area contributed by atoms with E-state index in [0.717, 1.165) is 22.6 Å². The molecule has 0 saturated carbocycles. The predicted octanol–water partition coefficient (Wildman–Crippen LogP) is 2.87. The van der Waals surface area contributed by atoms with Gasteiger partial charge in [-0.3, -0.25) is 0 Å². The van der Waals surface area contributed by atoms with Gasteiger partial charge in [0.2, 0.25) is 0 Å². The van der Waals surface area contributed by atoms with Gasteiger partial charge in [0, 0.05) is 18.2 Å². The number of nitrogens with one attached hydrogen (secondary N) is 1. The summed E-state index contributed by atoms with van der Waals surface area (Å²) in [5.41, 5.74) is 6.57. The lowest BCUT2D eigenvalue weighted by Crippen LogP contribution is -2.53. The third-order valence-corrected chi connectivity index (χ3v) is 6.06. The smallest absolute Gasteiger partial charge is 0.491 e. The molecule has 5 atom stereocenters. The van der Waals surface area contributed by atoms with Gasteiger partial charge in [-0.25, -0.2) is 10.2 Å². The van der Waals surface area contributed by atoms with E-state index in [2.05, 4.69) is 19.3 Å². The fourth-order valence-corrected chi connectivity index (χ4v) is 4.30. The van der Waals surface area contributed by atoms with E-state index in [1.807, 2.05) is 50.0 Å². The average Bonchev–Trinajstić information content (AvgIpc) is 3.11. The average molecular weight is 509 g/mol. The van der Waals surface area contributed by atoms with Crippen LogP contribution in [-0.4, -0.2) is 77.6 Å². The first-order valence-corrected chi connectivity index (χ1v) is 12.6. The second kappa shape index (κ2) is 12.7. The number of aliphatic hydroxyl groups is 2. The molecule has 2 aliphatic rings. The molecule has 1 unspecified atom stereocenters. The molecule has 3 N–H and O–H groups in total. The molecule has 0 spiro atoms. The molecule has 1 saturated heterocycles. The maximum Gasteiger partial charge on any atom is 0.508 e. The molecule has 202 valence electrons. The summed E-state index contributed by atoms with van der Waals surface area (Å²) in [4.78, 5) is 11.6. The number of carbonyl (C=O) groups is 1. The van der Waals surface area contributed by atoms with Gasteiger partial charge in [0.15, 0.2) is 12.5 Å².